The lowest BCUT2D eigenvalue weighted by molar-refractivity contribution is -0.148. The lowest BCUT2D eigenvalue weighted by Crippen LogP contribution is -2.42. The summed E-state index contributed by atoms with van der Waals surface area (Å²) in [6.07, 6.45) is 2.85. The molecule has 2 aliphatic rings. The van der Waals surface area contributed by atoms with E-state index in [1.54, 1.807) is 18.5 Å². The van der Waals surface area contributed by atoms with Crippen molar-refractivity contribution in [2.75, 3.05) is 37.7 Å². The molecule has 2 fully saturated rings. The number of aliphatic carboxylic acids is 1. The maximum atomic E-state index is 12.2. The van der Waals surface area contributed by atoms with E-state index in [0.717, 1.165) is 0 Å². The maximum Gasteiger partial charge on any atom is 0.409 e. The second-order valence-corrected chi connectivity index (χ2v) is 6.94. The van der Waals surface area contributed by atoms with Crippen LogP contribution in [-0.4, -0.2) is 64.8 Å². The number of hydrogen-bond donors (Lipinski definition) is 1. The first kappa shape index (κ1) is 16.5. The average molecular weight is 334 g/mol. The molecule has 2 aliphatic heterocycles. The van der Waals surface area contributed by atoms with Crippen LogP contribution < -0.4 is 4.90 Å². The largest absolute Gasteiger partial charge is 0.481 e. The van der Waals surface area contributed by atoms with Crippen molar-refractivity contribution in [3.8, 4) is 0 Å². The van der Waals surface area contributed by atoms with Gasteiger partial charge in [-0.3, -0.25) is 4.79 Å². The van der Waals surface area contributed by atoms with E-state index in [9.17, 15) is 14.7 Å². The zero-order chi connectivity index (χ0) is 17.3. The Bertz CT molecular complexity index is 624. The summed E-state index contributed by atoms with van der Waals surface area (Å²) in [5.41, 5.74) is -0.990. The summed E-state index contributed by atoms with van der Waals surface area (Å²) in [6.45, 7) is 5.62. The van der Waals surface area contributed by atoms with Gasteiger partial charge in [-0.1, -0.05) is 13.8 Å². The van der Waals surface area contributed by atoms with Gasteiger partial charge in [-0.2, -0.15) is 0 Å². The van der Waals surface area contributed by atoms with E-state index in [-0.39, 0.29) is 18.4 Å². The molecule has 0 radical (unpaired) electrons. The minimum absolute atomic E-state index is 0.160. The Morgan fingerprint density at radius 2 is 2.04 bits per heavy atom. The summed E-state index contributed by atoms with van der Waals surface area (Å²) < 4.78 is 5.24. The third-order valence-corrected chi connectivity index (χ3v) is 4.67. The molecular weight excluding hydrogens is 312 g/mol. The van der Waals surface area contributed by atoms with E-state index in [2.05, 4.69) is 9.97 Å². The average Bonchev–Trinajstić information content (AvgIpc) is 3.09. The zero-order valence-electron chi connectivity index (χ0n) is 13.9. The van der Waals surface area contributed by atoms with Crippen molar-refractivity contribution >= 4 is 18.0 Å². The number of likely N-dealkylation sites (tertiary alicyclic amines) is 1. The molecule has 0 spiro atoms. The molecule has 8 nitrogen and oxygen atoms in total. The highest BCUT2D eigenvalue weighted by molar-refractivity contribution is 5.80. The minimum atomic E-state index is -0.990. The molecule has 8 heteroatoms. The summed E-state index contributed by atoms with van der Waals surface area (Å²) in [6, 6.07) is 1.72. The van der Waals surface area contributed by atoms with E-state index in [0.29, 0.717) is 32.2 Å². The predicted molar refractivity (Wildman–Crippen MR) is 85.6 cm³/mol. The Morgan fingerprint density at radius 3 is 2.62 bits per heavy atom. The van der Waals surface area contributed by atoms with Crippen LogP contribution in [-0.2, 0) is 9.53 Å². The highest BCUT2D eigenvalue weighted by Crippen LogP contribution is 2.43. The molecule has 130 valence electrons. The van der Waals surface area contributed by atoms with E-state index in [4.69, 9.17) is 4.74 Å². The molecule has 2 saturated heterocycles. The lowest BCUT2D eigenvalue weighted by atomic mass is 9.81. The number of nitrogens with zero attached hydrogens (tertiary/aromatic N) is 4. The van der Waals surface area contributed by atoms with Crippen LogP contribution in [0.5, 0.6) is 0 Å². The SMILES string of the molecule is CC(C)COC(=O)N1C[C@@H]2CN(c3ncccn3)C[C@]2(C(=O)O)C1. The molecule has 24 heavy (non-hydrogen) atoms. The second-order valence-electron chi connectivity index (χ2n) is 6.94. The van der Waals surface area contributed by atoms with Gasteiger partial charge in [-0.05, 0) is 12.0 Å². The molecule has 1 aromatic heterocycles. The van der Waals surface area contributed by atoms with Gasteiger partial charge in [0, 0.05) is 44.5 Å². The van der Waals surface area contributed by atoms with Crippen LogP contribution >= 0.6 is 0 Å². The first-order valence-electron chi connectivity index (χ1n) is 8.09. The first-order valence-corrected chi connectivity index (χ1v) is 8.09. The number of carbonyl (C=O) groups is 2. The molecule has 2 atom stereocenters. The number of aromatic nitrogens is 2. The van der Waals surface area contributed by atoms with Crippen molar-refractivity contribution in [3.63, 3.8) is 0 Å². The number of carbonyl (C=O) groups excluding carboxylic acids is 1. The molecule has 0 bridgehead atoms. The molecule has 0 unspecified atom stereocenters. The van der Waals surface area contributed by atoms with Gasteiger partial charge in [-0.15, -0.1) is 0 Å². The molecule has 3 heterocycles. The topological polar surface area (TPSA) is 95.9 Å². The Hall–Kier alpha value is -2.38. The van der Waals surface area contributed by atoms with Crippen molar-refractivity contribution in [1.29, 1.82) is 0 Å². The lowest BCUT2D eigenvalue weighted by Gasteiger charge is -2.25. The maximum absolute atomic E-state index is 12.2. The molecule has 0 saturated carbocycles. The normalized spacial score (nSPS) is 25.9. The van der Waals surface area contributed by atoms with E-state index >= 15 is 0 Å². The summed E-state index contributed by atoms with van der Waals surface area (Å²) in [7, 11) is 0. The summed E-state index contributed by atoms with van der Waals surface area (Å²) in [4.78, 5) is 35.9. The number of rotatable bonds is 4. The van der Waals surface area contributed by atoms with Gasteiger partial charge in [0.25, 0.3) is 0 Å². The van der Waals surface area contributed by atoms with Gasteiger partial charge in [0.05, 0.1) is 6.61 Å². The predicted octanol–water partition coefficient (Wildman–Crippen LogP) is 1.09. The van der Waals surface area contributed by atoms with Crippen LogP contribution in [0.4, 0.5) is 10.7 Å². The summed E-state index contributed by atoms with van der Waals surface area (Å²) in [5, 5.41) is 9.81. The molecule has 1 amide bonds. The van der Waals surface area contributed by atoms with Crippen LogP contribution in [0.3, 0.4) is 0 Å². The third-order valence-electron chi connectivity index (χ3n) is 4.67. The minimum Gasteiger partial charge on any atom is -0.481 e. The highest BCUT2D eigenvalue weighted by Gasteiger charge is 2.59. The van der Waals surface area contributed by atoms with Gasteiger partial charge < -0.3 is 19.6 Å². The molecule has 1 aromatic rings. The fourth-order valence-corrected chi connectivity index (χ4v) is 3.44. The van der Waals surface area contributed by atoms with Gasteiger partial charge in [0.1, 0.15) is 5.41 Å². The van der Waals surface area contributed by atoms with Gasteiger partial charge in [0.2, 0.25) is 5.95 Å². The van der Waals surface area contributed by atoms with E-state index in [1.807, 2.05) is 18.7 Å². The monoisotopic (exact) mass is 334 g/mol. The first-order chi connectivity index (χ1) is 11.4. The number of fused-ring (bicyclic) bond motifs is 1. The fourth-order valence-electron chi connectivity index (χ4n) is 3.44. The van der Waals surface area contributed by atoms with Crippen molar-refractivity contribution in [2.24, 2.45) is 17.3 Å². The van der Waals surface area contributed by atoms with Crippen LogP contribution in [0.1, 0.15) is 13.8 Å². The van der Waals surface area contributed by atoms with Crippen molar-refractivity contribution < 1.29 is 19.4 Å². The smallest absolute Gasteiger partial charge is 0.409 e. The molecule has 3 rings (SSSR count). The standard InChI is InChI=1S/C16H22N4O4/c1-11(2)8-24-15(23)20-7-12-6-19(14-17-4-3-5-18-14)9-16(12,10-20)13(21)22/h3-5,11-12H,6-10H2,1-2H3,(H,21,22)/t12-,16-/m0/s1. The van der Waals surface area contributed by atoms with Crippen LogP contribution in [0.25, 0.3) is 0 Å². The van der Waals surface area contributed by atoms with Gasteiger partial charge in [-0.25, -0.2) is 14.8 Å². The van der Waals surface area contributed by atoms with Crippen LogP contribution in [0.15, 0.2) is 18.5 Å². The van der Waals surface area contributed by atoms with Crippen molar-refractivity contribution in [1.82, 2.24) is 14.9 Å². The Kier molecular flexibility index (Phi) is 4.29. The van der Waals surface area contributed by atoms with Crippen molar-refractivity contribution in [2.45, 2.75) is 13.8 Å². The number of hydrogen-bond acceptors (Lipinski definition) is 6. The molecule has 0 aliphatic carbocycles. The van der Waals surface area contributed by atoms with Crippen LogP contribution in [0.2, 0.25) is 0 Å². The summed E-state index contributed by atoms with van der Waals surface area (Å²) in [5.74, 6) is -0.271. The number of carboxylic acid groups (broad SMARTS) is 1. The number of anilines is 1. The molecule has 1 N–H and O–H groups in total. The molecular formula is C16H22N4O4. The van der Waals surface area contributed by atoms with Crippen LogP contribution in [0, 0.1) is 17.3 Å². The fraction of sp³-hybridized carbons (Fsp3) is 0.625. The van der Waals surface area contributed by atoms with Gasteiger partial charge in [0.15, 0.2) is 0 Å². The van der Waals surface area contributed by atoms with Gasteiger partial charge >= 0.3 is 12.1 Å². The number of amides is 1. The Morgan fingerprint density at radius 1 is 1.33 bits per heavy atom. The summed E-state index contributed by atoms with van der Waals surface area (Å²) >= 11 is 0. The third kappa shape index (κ3) is 2.88. The van der Waals surface area contributed by atoms with E-state index < -0.39 is 17.5 Å². The molecule has 0 aromatic carbocycles. The van der Waals surface area contributed by atoms with E-state index in [1.165, 1.54) is 4.90 Å². The quantitative estimate of drug-likeness (QED) is 0.880. The Labute approximate surface area is 140 Å². The second kappa shape index (κ2) is 6.26. The highest BCUT2D eigenvalue weighted by atomic mass is 16.6. The number of ether oxygens (including phenoxy) is 1. The zero-order valence-corrected chi connectivity index (χ0v) is 13.9. The Balaban J connectivity index is 1.72. The van der Waals surface area contributed by atoms with Crippen molar-refractivity contribution in [3.05, 3.63) is 18.5 Å². The number of carboxylic acids is 1.